The Bertz CT molecular complexity index is 568. The molecule has 0 saturated carbocycles. The average molecular weight is 269 g/mol. The number of aliphatic imine (C=N–C) groups is 1. The van der Waals surface area contributed by atoms with E-state index >= 15 is 0 Å². The molecule has 0 unspecified atom stereocenters. The molecule has 2 atom stereocenters. The molecule has 0 amide bonds. The monoisotopic (exact) mass is 269 g/mol. The molecule has 3 heteroatoms. The van der Waals surface area contributed by atoms with Crippen molar-refractivity contribution in [2.24, 2.45) is 4.99 Å². The van der Waals surface area contributed by atoms with Crippen LogP contribution >= 0.6 is 11.8 Å². The van der Waals surface area contributed by atoms with Crippen molar-refractivity contribution in [1.29, 1.82) is 0 Å². The molecule has 0 saturated heterocycles. The molecular weight excluding hydrogens is 254 g/mol. The maximum Gasteiger partial charge on any atom is 0.246 e. The third kappa shape index (κ3) is 2.51. The number of hydrogen-bond acceptors (Lipinski definition) is 3. The van der Waals surface area contributed by atoms with Gasteiger partial charge in [0.1, 0.15) is 6.04 Å². The van der Waals surface area contributed by atoms with Gasteiger partial charge in [0, 0.05) is 0 Å². The van der Waals surface area contributed by atoms with Crippen molar-refractivity contribution in [2.45, 2.75) is 12.1 Å². The maximum atomic E-state index is 5.98. The van der Waals surface area contributed by atoms with E-state index in [0.717, 1.165) is 5.23 Å². The van der Waals surface area contributed by atoms with Gasteiger partial charge in [-0.25, -0.2) is 4.99 Å². The SMILES string of the molecule is CSC1=N[C@@H](c2ccccc2)[C@@H](c2ccccc2)O1. The van der Waals surface area contributed by atoms with Crippen molar-refractivity contribution in [3.8, 4) is 0 Å². The summed E-state index contributed by atoms with van der Waals surface area (Å²) in [5.74, 6) is 0. The highest BCUT2D eigenvalue weighted by atomic mass is 32.2. The van der Waals surface area contributed by atoms with Crippen LogP contribution in [0, 0.1) is 0 Å². The van der Waals surface area contributed by atoms with Crippen LogP contribution in [-0.2, 0) is 4.74 Å². The highest BCUT2D eigenvalue weighted by molar-refractivity contribution is 8.12. The lowest BCUT2D eigenvalue weighted by Crippen LogP contribution is -2.07. The lowest BCUT2D eigenvalue weighted by atomic mass is 9.97. The molecule has 0 fully saturated rings. The fourth-order valence-electron chi connectivity index (χ4n) is 2.28. The Morgan fingerprint density at radius 1 is 0.895 bits per heavy atom. The minimum absolute atomic E-state index is 0.0222. The summed E-state index contributed by atoms with van der Waals surface area (Å²) in [5.41, 5.74) is 2.37. The number of hydrogen-bond donors (Lipinski definition) is 0. The van der Waals surface area contributed by atoms with Gasteiger partial charge in [0.15, 0.2) is 6.10 Å². The minimum atomic E-state index is -0.0222. The van der Waals surface area contributed by atoms with E-state index in [1.165, 1.54) is 11.1 Å². The van der Waals surface area contributed by atoms with Crippen LogP contribution in [0.4, 0.5) is 0 Å². The fraction of sp³-hybridized carbons (Fsp3) is 0.188. The zero-order valence-electron chi connectivity index (χ0n) is 10.7. The first kappa shape index (κ1) is 12.3. The Morgan fingerprint density at radius 2 is 1.47 bits per heavy atom. The second kappa shape index (κ2) is 5.49. The molecule has 1 heterocycles. The van der Waals surface area contributed by atoms with Gasteiger partial charge in [-0.15, -0.1) is 0 Å². The molecule has 19 heavy (non-hydrogen) atoms. The van der Waals surface area contributed by atoms with Crippen molar-refractivity contribution in [3.05, 3.63) is 71.8 Å². The quantitative estimate of drug-likeness (QED) is 0.814. The van der Waals surface area contributed by atoms with Crippen LogP contribution in [0.1, 0.15) is 23.3 Å². The van der Waals surface area contributed by atoms with Crippen LogP contribution < -0.4 is 0 Å². The minimum Gasteiger partial charge on any atom is -0.462 e. The number of thioether (sulfide) groups is 1. The van der Waals surface area contributed by atoms with E-state index in [0.29, 0.717) is 0 Å². The molecule has 0 aliphatic carbocycles. The average Bonchev–Trinajstić information content (AvgIpc) is 2.93. The lowest BCUT2D eigenvalue weighted by Gasteiger charge is -2.18. The standard InChI is InChI=1S/C16H15NOS/c1-19-16-17-14(12-8-4-2-5-9-12)15(18-16)13-10-6-3-7-11-13/h2-11,14-15H,1H3/t14-,15+/m0/s1. The first-order valence-electron chi connectivity index (χ1n) is 6.27. The van der Waals surface area contributed by atoms with Crippen molar-refractivity contribution >= 4 is 17.0 Å². The number of benzene rings is 2. The van der Waals surface area contributed by atoms with Gasteiger partial charge in [-0.1, -0.05) is 72.4 Å². The Balaban J connectivity index is 1.96. The highest BCUT2D eigenvalue weighted by Gasteiger charge is 2.32. The molecule has 1 aliphatic heterocycles. The van der Waals surface area contributed by atoms with Crippen LogP contribution in [0.25, 0.3) is 0 Å². The summed E-state index contributed by atoms with van der Waals surface area (Å²) in [6, 6.07) is 20.7. The van der Waals surface area contributed by atoms with Gasteiger partial charge >= 0.3 is 0 Å². The van der Waals surface area contributed by atoms with Crippen LogP contribution in [-0.4, -0.2) is 11.5 Å². The van der Waals surface area contributed by atoms with Gasteiger partial charge in [0.25, 0.3) is 0 Å². The van der Waals surface area contributed by atoms with E-state index in [2.05, 4.69) is 24.3 Å². The van der Waals surface area contributed by atoms with Crippen molar-refractivity contribution in [2.75, 3.05) is 6.26 Å². The van der Waals surface area contributed by atoms with Gasteiger partial charge in [-0.2, -0.15) is 0 Å². The summed E-state index contributed by atoms with van der Waals surface area (Å²) in [4.78, 5) is 4.69. The van der Waals surface area contributed by atoms with E-state index < -0.39 is 0 Å². The van der Waals surface area contributed by atoms with Crippen molar-refractivity contribution < 1.29 is 4.74 Å². The van der Waals surface area contributed by atoms with E-state index in [9.17, 15) is 0 Å². The predicted octanol–water partition coefficient (Wildman–Crippen LogP) is 4.22. The van der Waals surface area contributed by atoms with Gasteiger partial charge in [-0.3, -0.25) is 0 Å². The lowest BCUT2D eigenvalue weighted by molar-refractivity contribution is 0.202. The molecule has 0 radical (unpaired) electrons. The molecule has 1 aliphatic rings. The molecule has 2 aromatic rings. The maximum absolute atomic E-state index is 5.98. The summed E-state index contributed by atoms with van der Waals surface area (Å²) in [6.45, 7) is 0. The third-order valence-corrected chi connectivity index (χ3v) is 3.75. The van der Waals surface area contributed by atoms with Crippen LogP contribution in [0.3, 0.4) is 0 Å². The molecule has 3 rings (SSSR count). The topological polar surface area (TPSA) is 21.6 Å². The first-order chi connectivity index (χ1) is 9.38. The third-order valence-electron chi connectivity index (χ3n) is 3.20. The summed E-state index contributed by atoms with van der Waals surface area (Å²) < 4.78 is 5.98. The van der Waals surface area contributed by atoms with E-state index in [4.69, 9.17) is 9.73 Å². The second-order valence-electron chi connectivity index (χ2n) is 4.40. The van der Waals surface area contributed by atoms with E-state index in [-0.39, 0.29) is 12.1 Å². The molecule has 0 aromatic heterocycles. The predicted molar refractivity (Wildman–Crippen MR) is 80.4 cm³/mol. The Labute approximate surface area is 117 Å². The van der Waals surface area contributed by atoms with Crippen LogP contribution in [0.5, 0.6) is 0 Å². The number of ether oxygens (including phenoxy) is 1. The normalized spacial score (nSPS) is 21.8. The Hall–Kier alpha value is -1.74. The summed E-state index contributed by atoms with van der Waals surface area (Å²) >= 11 is 1.56. The van der Waals surface area contributed by atoms with Gasteiger partial charge in [0.05, 0.1) is 0 Å². The number of nitrogens with zero attached hydrogens (tertiary/aromatic N) is 1. The van der Waals surface area contributed by atoms with Gasteiger partial charge in [0.2, 0.25) is 5.23 Å². The highest BCUT2D eigenvalue weighted by Crippen LogP contribution is 2.41. The smallest absolute Gasteiger partial charge is 0.246 e. The molecule has 0 bridgehead atoms. The van der Waals surface area contributed by atoms with Crippen LogP contribution in [0.15, 0.2) is 65.7 Å². The summed E-state index contributed by atoms with van der Waals surface area (Å²) in [6.07, 6.45) is 1.97. The van der Waals surface area contributed by atoms with Crippen molar-refractivity contribution in [3.63, 3.8) is 0 Å². The molecule has 2 nitrogen and oxygen atoms in total. The Morgan fingerprint density at radius 3 is 2.05 bits per heavy atom. The zero-order chi connectivity index (χ0) is 13.1. The van der Waals surface area contributed by atoms with E-state index in [1.54, 1.807) is 11.8 Å². The number of rotatable bonds is 2. The zero-order valence-corrected chi connectivity index (χ0v) is 11.5. The van der Waals surface area contributed by atoms with Gasteiger partial charge in [-0.05, 0) is 17.4 Å². The summed E-state index contributed by atoms with van der Waals surface area (Å²) in [7, 11) is 0. The molecule has 0 N–H and O–H groups in total. The molecule has 96 valence electrons. The molecular formula is C16H15NOS. The van der Waals surface area contributed by atoms with Gasteiger partial charge < -0.3 is 4.74 Å². The van der Waals surface area contributed by atoms with Crippen LogP contribution in [0.2, 0.25) is 0 Å². The fourth-order valence-corrected chi connectivity index (χ4v) is 2.70. The summed E-state index contributed by atoms with van der Waals surface area (Å²) in [5, 5.41) is 0.766. The first-order valence-corrected chi connectivity index (χ1v) is 7.49. The Kier molecular flexibility index (Phi) is 3.56. The second-order valence-corrected chi connectivity index (χ2v) is 5.16. The molecule has 2 aromatic carbocycles. The molecule has 0 spiro atoms. The van der Waals surface area contributed by atoms with Crippen molar-refractivity contribution in [1.82, 2.24) is 0 Å². The largest absolute Gasteiger partial charge is 0.462 e. The van der Waals surface area contributed by atoms with E-state index in [1.807, 2.05) is 42.7 Å².